The quantitative estimate of drug-likeness (QED) is 0.530. The number of carbonyl (C=O) groups is 3. The van der Waals surface area contributed by atoms with E-state index in [1.807, 2.05) is 0 Å². The number of aliphatic hydroxyl groups is 1. The maximum atomic E-state index is 11.9. The number of imide groups is 1. The van der Waals surface area contributed by atoms with Gasteiger partial charge in [0.15, 0.2) is 0 Å². The van der Waals surface area contributed by atoms with E-state index in [-0.39, 0.29) is 13.2 Å². The summed E-state index contributed by atoms with van der Waals surface area (Å²) in [6, 6.07) is -0.652. The van der Waals surface area contributed by atoms with Crippen LogP contribution in [-0.2, 0) is 9.53 Å². The normalized spacial score (nSPS) is 23.9. The Morgan fingerprint density at radius 1 is 1.45 bits per heavy atom. The summed E-state index contributed by atoms with van der Waals surface area (Å²) < 4.78 is 5.06. The number of rotatable bonds is 4. The lowest BCUT2D eigenvalue weighted by Gasteiger charge is -2.31. The van der Waals surface area contributed by atoms with Crippen molar-refractivity contribution in [3.05, 3.63) is 0 Å². The van der Waals surface area contributed by atoms with Crippen molar-refractivity contribution < 1.29 is 24.2 Å². The monoisotopic (exact) mass is 287 g/mol. The highest BCUT2D eigenvalue weighted by atomic mass is 16.6. The third-order valence-electron chi connectivity index (χ3n) is 2.99. The zero-order chi connectivity index (χ0) is 15.6. The molecule has 1 saturated heterocycles. The second kappa shape index (κ2) is 5.66. The highest BCUT2D eigenvalue weighted by Crippen LogP contribution is 2.21. The summed E-state index contributed by atoms with van der Waals surface area (Å²) in [7, 11) is 0. The van der Waals surface area contributed by atoms with Gasteiger partial charge in [-0.15, -0.1) is 0 Å². The van der Waals surface area contributed by atoms with Crippen LogP contribution in [0, 0.1) is 5.92 Å². The molecular weight excluding hydrogens is 266 g/mol. The molecule has 8 nitrogen and oxygen atoms in total. The number of ether oxygens (including phenoxy) is 1. The number of nitrogens with one attached hydrogen (secondary N) is 3. The second-order valence-corrected chi connectivity index (χ2v) is 5.82. The molecule has 8 heteroatoms. The van der Waals surface area contributed by atoms with Gasteiger partial charge in [0.25, 0.3) is 5.91 Å². The van der Waals surface area contributed by atoms with Crippen molar-refractivity contribution in [1.29, 1.82) is 0 Å². The first kappa shape index (κ1) is 16.2. The molecule has 0 aromatic heterocycles. The Kier molecular flexibility index (Phi) is 4.59. The predicted octanol–water partition coefficient (Wildman–Crippen LogP) is -0.282. The minimum Gasteiger partial charge on any atom is -0.444 e. The average Bonchev–Trinajstić information content (AvgIpc) is 2.59. The van der Waals surface area contributed by atoms with Crippen LogP contribution in [-0.4, -0.2) is 47.4 Å². The first-order valence-electron chi connectivity index (χ1n) is 6.32. The fourth-order valence-electron chi connectivity index (χ4n) is 1.83. The van der Waals surface area contributed by atoms with Crippen molar-refractivity contribution in [3.8, 4) is 0 Å². The van der Waals surface area contributed by atoms with E-state index in [1.165, 1.54) is 0 Å². The molecule has 0 spiro atoms. The van der Waals surface area contributed by atoms with E-state index in [1.54, 1.807) is 27.7 Å². The molecule has 0 aromatic rings. The van der Waals surface area contributed by atoms with E-state index >= 15 is 0 Å². The van der Waals surface area contributed by atoms with Crippen LogP contribution in [0.25, 0.3) is 0 Å². The van der Waals surface area contributed by atoms with Crippen LogP contribution in [0.1, 0.15) is 27.7 Å². The van der Waals surface area contributed by atoms with Gasteiger partial charge < -0.3 is 20.5 Å². The Balaban J connectivity index is 2.76. The van der Waals surface area contributed by atoms with E-state index in [0.717, 1.165) is 0 Å². The first-order chi connectivity index (χ1) is 9.10. The fraction of sp³-hybridized carbons (Fsp3) is 0.750. The SMILES string of the molecule is CC(CO)C1(CNC(=O)OC(C)(C)C)NC(=O)NC1=O. The molecule has 4 amide bonds. The number of alkyl carbamates (subject to hydrolysis) is 1. The Morgan fingerprint density at radius 3 is 2.45 bits per heavy atom. The van der Waals surface area contributed by atoms with Gasteiger partial charge in [0.2, 0.25) is 0 Å². The maximum absolute atomic E-state index is 11.9. The number of aliphatic hydroxyl groups excluding tert-OH is 1. The van der Waals surface area contributed by atoms with Crippen LogP contribution in [0.4, 0.5) is 9.59 Å². The van der Waals surface area contributed by atoms with Crippen molar-refractivity contribution in [2.75, 3.05) is 13.2 Å². The number of amides is 4. The van der Waals surface area contributed by atoms with Crippen LogP contribution in [0.2, 0.25) is 0 Å². The van der Waals surface area contributed by atoms with Gasteiger partial charge in [-0.25, -0.2) is 9.59 Å². The van der Waals surface area contributed by atoms with Crippen LogP contribution in [0.15, 0.2) is 0 Å². The van der Waals surface area contributed by atoms with Gasteiger partial charge in [-0.1, -0.05) is 6.92 Å². The zero-order valence-corrected chi connectivity index (χ0v) is 12.1. The van der Waals surface area contributed by atoms with E-state index in [0.29, 0.717) is 0 Å². The van der Waals surface area contributed by atoms with Crippen LogP contribution >= 0.6 is 0 Å². The Hall–Kier alpha value is -1.83. The number of carbonyl (C=O) groups excluding carboxylic acids is 3. The largest absolute Gasteiger partial charge is 0.444 e. The van der Waals surface area contributed by atoms with E-state index < -0.39 is 35.1 Å². The fourth-order valence-corrected chi connectivity index (χ4v) is 1.83. The molecule has 1 heterocycles. The molecule has 4 N–H and O–H groups in total. The molecular formula is C12H21N3O5. The lowest BCUT2D eigenvalue weighted by Crippen LogP contribution is -2.60. The van der Waals surface area contributed by atoms with Crippen molar-refractivity contribution in [1.82, 2.24) is 16.0 Å². The molecule has 114 valence electrons. The summed E-state index contributed by atoms with van der Waals surface area (Å²) >= 11 is 0. The average molecular weight is 287 g/mol. The molecule has 2 atom stereocenters. The van der Waals surface area contributed by atoms with Gasteiger partial charge in [0.05, 0.1) is 6.54 Å². The topological polar surface area (TPSA) is 117 Å². The molecule has 1 rings (SSSR count). The minimum absolute atomic E-state index is 0.165. The molecule has 0 bridgehead atoms. The third kappa shape index (κ3) is 3.60. The van der Waals surface area contributed by atoms with E-state index in [9.17, 15) is 19.5 Å². The highest BCUT2D eigenvalue weighted by Gasteiger charge is 2.50. The van der Waals surface area contributed by atoms with Gasteiger partial charge in [-0.3, -0.25) is 10.1 Å². The number of hydrogen-bond acceptors (Lipinski definition) is 5. The molecule has 0 radical (unpaired) electrons. The predicted molar refractivity (Wildman–Crippen MR) is 69.9 cm³/mol. The lowest BCUT2D eigenvalue weighted by atomic mass is 9.85. The van der Waals surface area contributed by atoms with Crippen LogP contribution in [0.3, 0.4) is 0 Å². The number of hydrogen-bond donors (Lipinski definition) is 4. The molecule has 1 fully saturated rings. The Labute approximate surface area is 117 Å². The van der Waals surface area contributed by atoms with Crippen molar-refractivity contribution in [3.63, 3.8) is 0 Å². The summed E-state index contributed by atoms with van der Waals surface area (Å²) in [6.07, 6.45) is -0.698. The maximum Gasteiger partial charge on any atom is 0.407 e. The van der Waals surface area contributed by atoms with Gasteiger partial charge in [-0.2, -0.15) is 0 Å². The van der Waals surface area contributed by atoms with Crippen LogP contribution in [0.5, 0.6) is 0 Å². The molecule has 1 aliphatic heterocycles. The van der Waals surface area contributed by atoms with Crippen molar-refractivity contribution >= 4 is 18.0 Å². The van der Waals surface area contributed by atoms with Gasteiger partial charge in [0, 0.05) is 12.5 Å². The molecule has 1 aliphatic rings. The molecule has 20 heavy (non-hydrogen) atoms. The summed E-state index contributed by atoms with van der Waals surface area (Å²) in [6.45, 7) is 6.25. The van der Waals surface area contributed by atoms with E-state index in [4.69, 9.17) is 4.74 Å². The smallest absolute Gasteiger partial charge is 0.407 e. The molecule has 0 aliphatic carbocycles. The summed E-state index contributed by atoms with van der Waals surface area (Å²) in [5, 5.41) is 16.2. The van der Waals surface area contributed by atoms with Crippen LogP contribution < -0.4 is 16.0 Å². The van der Waals surface area contributed by atoms with Crippen molar-refractivity contribution in [2.24, 2.45) is 5.92 Å². The molecule has 0 saturated carbocycles. The summed E-state index contributed by atoms with van der Waals surface area (Å²) in [4.78, 5) is 34.8. The number of urea groups is 1. The Bertz CT molecular complexity index is 418. The van der Waals surface area contributed by atoms with Gasteiger partial charge >= 0.3 is 12.1 Å². The Morgan fingerprint density at radius 2 is 2.05 bits per heavy atom. The third-order valence-corrected chi connectivity index (χ3v) is 2.99. The minimum atomic E-state index is -1.37. The first-order valence-corrected chi connectivity index (χ1v) is 6.32. The van der Waals surface area contributed by atoms with Gasteiger partial charge in [0.1, 0.15) is 11.1 Å². The zero-order valence-electron chi connectivity index (χ0n) is 12.1. The molecule has 2 unspecified atom stereocenters. The summed E-state index contributed by atoms with van der Waals surface area (Å²) in [5.41, 5.74) is -2.04. The lowest BCUT2D eigenvalue weighted by molar-refractivity contribution is -0.126. The van der Waals surface area contributed by atoms with E-state index in [2.05, 4.69) is 16.0 Å². The van der Waals surface area contributed by atoms with Crippen molar-refractivity contribution in [2.45, 2.75) is 38.8 Å². The second-order valence-electron chi connectivity index (χ2n) is 5.82. The highest BCUT2D eigenvalue weighted by molar-refractivity contribution is 6.07. The standard InChI is InChI=1S/C12H21N3O5/c1-7(5-16)12(8(17)14-9(18)15-12)6-13-10(19)20-11(2,3)4/h7,16H,5-6H2,1-4H3,(H,13,19)(H2,14,15,17,18). The summed E-state index contributed by atoms with van der Waals surface area (Å²) in [5.74, 6) is -1.15. The molecule has 0 aromatic carbocycles. The van der Waals surface area contributed by atoms with Gasteiger partial charge in [-0.05, 0) is 20.8 Å².